The van der Waals surface area contributed by atoms with E-state index in [1.165, 1.54) is 19.3 Å². The molecule has 2 amide bonds. The molecule has 10 atom stereocenters. The Kier molecular flexibility index (Phi) is 6.80. The van der Waals surface area contributed by atoms with Crippen molar-refractivity contribution in [3.8, 4) is 0 Å². The lowest BCUT2D eigenvalue weighted by molar-refractivity contribution is -0.130. The Bertz CT molecular complexity index is 1230. The number of amides is 2. The molecule has 5 fully saturated rings. The predicted octanol–water partition coefficient (Wildman–Crippen LogP) is 6.64. The lowest BCUT2D eigenvalue weighted by atomic mass is 9.57. The largest absolute Gasteiger partial charge is 0.445 e. The predicted molar refractivity (Wildman–Crippen MR) is 158 cm³/mol. The van der Waals surface area contributed by atoms with Gasteiger partial charge in [0.25, 0.3) is 0 Å². The van der Waals surface area contributed by atoms with Crippen LogP contribution in [0.2, 0.25) is 0 Å². The lowest BCUT2D eigenvalue weighted by Crippen LogP contribution is -2.57. The van der Waals surface area contributed by atoms with Gasteiger partial charge in [0.2, 0.25) is 5.91 Å². The van der Waals surface area contributed by atoms with Gasteiger partial charge in [0.15, 0.2) is 0 Å². The molecule has 6 aliphatic rings. The van der Waals surface area contributed by atoms with Gasteiger partial charge in [-0.25, -0.2) is 4.79 Å². The summed E-state index contributed by atoms with van der Waals surface area (Å²) >= 11 is 0. The van der Waals surface area contributed by atoms with Crippen LogP contribution in [0.15, 0.2) is 41.5 Å². The van der Waals surface area contributed by atoms with Gasteiger partial charge in [0.05, 0.1) is 17.7 Å². The molecule has 222 valence electrons. The van der Waals surface area contributed by atoms with Crippen LogP contribution in [0.5, 0.6) is 0 Å². The lowest BCUT2D eigenvalue weighted by Gasteiger charge is -2.52. The average Bonchev–Trinajstić information content (AvgIpc) is 3.42. The summed E-state index contributed by atoms with van der Waals surface area (Å²) in [5.74, 6) is 2.92. The number of rotatable bonds is 2. The third kappa shape index (κ3) is 4.46. The number of carbonyl (C=O) groups is 2. The van der Waals surface area contributed by atoms with E-state index in [0.29, 0.717) is 36.8 Å². The summed E-state index contributed by atoms with van der Waals surface area (Å²) in [6, 6.07) is 10.4. The Morgan fingerprint density at radius 2 is 1.95 bits per heavy atom. The van der Waals surface area contributed by atoms with Crippen molar-refractivity contribution in [2.45, 2.75) is 116 Å². The summed E-state index contributed by atoms with van der Waals surface area (Å²) in [5, 5.41) is 3.37. The molecule has 1 N–H and O–H groups in total. The Hall–Kier alpha value is -2.34. The van der Waals surface area contributed by atoms with E-state index in [1.807, 2.05) is 35.2 Å². The Balaban J connectivity index is 1.11. The van der Waals surface area contributed by atoms with Gasteiger partial charge in [-0.05, 0) is 92.9 Å². The Labute approximate surface area is 245 Å². The van der Waals surface area contributed by atoms with Crippen LogP contribution >= 0.6 is 0 Å². The molecule has 6 nitrogen and oxygen atoms in total. The number of benzene rings is 1. The molecule has 2 saturated carbocycles. The fraction of sp³-hybridized carbons (Fsp3) is 0.714. The monoisotopic (exact) mass is 560 g/mol. The van der Waals surface area contributed by atoms with Crippen molar-refractivity contribution in [1.82, 2.24) is 10.2 Å². The van der Waals surface area contributed by atoms with E-state index in [4.69, 9.17) is 9.47 Å². The topological polar surface area (TPSA) is 67.9 Å². The molecule has 0 aromatic heterocycles. The van der Waals surface area contributed by atoms with Gasteiger partial charge in [-0.3, -0.25) is 4.79 Å². The van der Waals surface area contributed by atoms with E-state index < -0.39 is 0 Å². The number of likely N-dealkylation sites (tertiary alicyclic amines) is 1. The Morgan fingerprint density at radius 1 is 1.15 bits per heavy atom. The third-order valence-electron chi connectivity index (χ3n) is 12.6. The number of carbonyl (C=O) groups excluding carboxylic acids is 2. The van der Waals surface area contributed by atoms with Crippen LogP contribution in [0.1, 0.15) is 91.0 Å². The van der Waals surface area contributed by atoms with Crippen molar-refractivity contribution in [3.05, 3.63) is 47.0 Å². The van der Waals surface area contributed by atoms with Gasteiger partial charge >= 0.3 is 6.09 Å². The summed E-state index contributed by atoms with van der Waals surface area (Å²) in [5.41, 5.74) is 4.27. The van der Waals surface area contributed by atoms with Crippen LogP contribution in [-0.2, 0) is 20.9 Å². The van der Waals surface area contributed by atoms with E-state index in [0.717, 1.165) is 50.1 Å². The highest BCUT2D eigenvalue weighted by Crippen LogP contribution is 2.63. The zero-order chi connectivity index (χ0) is 28.5. The van der Waals surface area contributed by atoms with E-state index in [2.05, 4.69) is 33.0 Å². The van der Waals surface area contributed by atoms with Gasteiger partial charge in [0.1, 0.15) is 6.61 Å². The van der Waals surface area contributed by atoms with Crippen LogP contribution in [0.25, 0.3) is 0 Å². The highest BCUT2D eigenvalue weighted by molar-refractivity contribution is 5.77. The minimum Gasteiger partial charge on any atom is -0.445 e. The minimum atomic E-state index is -0.214. The molecule has 1 aromatic rings. The molecule has 3 aliphatic carbocycles. The molecule has 7 rings (SSSR count). The molecule has 0 unspecified atom stereocenters. The maximum atomic E-state index is 13.5. The number of nitrogens with zero attached hydrogens (tertiary/aromatic N) is 1. The summed E-state index contributed by atoms with van der Waals surface area (Å²) in [4.78, 5) is 27.7. The van der Waals surface area contributed by atoms with Crippen molar-refractivity contribution < 1.29 is 19.1 Å². The van der Waals surface area contributed by atoms with Crippen molar-refractivity contribution in [2.24, 2.45) is 35.0 Å². The van der Waals surface area contributed by atoms with Crippen molar-refractivity contribution in [3.63, 3.8) is 0 Å². The van der Waals surface area contributed by atoms with Crippen molar-refractivity contribution in [1.29, 1.82) is 0 Å². The number of ether oxygens (including phenoxy) is 2. The standard InChI is InChI=1S/C35H48N2O4/c1-21-16-29-32(37(19-21)33(39)40-20-24-8-6-5-7-9-24)23(3)35(41-29)15-12-25-26-10-11-30-34(4,14-13-31(38)36-30)28(26)17-27(25)22(2)18-35/h5-9,21,23,25-26,28-30,32H,10-20H2,1-4H3,(H,36,38)/t21-,23+,25-,26-,28-,29+,30+,32-,34+,35-/m0/s1. The van der Waals surface area contributed by atoms with Gasteiger partial charge in [-0.2, -0.15) is 0 Å². The molecule has 0 bridgehead atoms. The maximum Gasteiger partial charge on any atom is 0.410 e. The second-order valence-electron chi connectivity index (χ2n) is 14.8. The highest BCUT2D eigenvalue weighted by Gasteiger charge is 2.61. The van der Waals surface area contributed by atoms with E-state index in [9.17, 15) is 9.59 Å². The molecule has 3 heterocycles. The van der Waals surface area contributed by atoms with Crippen LogP contribution in [0, 0.1) is 35.0 Å². The fourth-order valence-corrected chi connectivity index (χ4v) is 10.5. The van der Waals surface area contributed by atoms with Crippen LogP contribution in [-0.4, -0.2) is 47.2 Å². The zero-order valence-corrected chi connectivity index (χ0v) is 25.4. The first-order chi connectivity index (χ1) is 19.7. The van der Waals surface area contributed by atoms with Crippen molar-refractivity contribution >= 4 is 12.0 Å². The average molecular weight is 561 g/mol. The fourth-order valence-electron chi connectivity index (χ4n) is 10.5. The molecular formula is C35H48N2O4. The molecular weight excluding hydrogens is 512 g/mol. The van der Waals surface area contributed by atoms with E-state index in [-0.39, 0.29) is 41.1 Å². The van der Waals surface area contributed by atoms with Gasteiger partial charge in [-0.1, -0.05) is 62.2 Å². The zero-order valence-electron chi connectivity index (χ0n) is 25.4. The number of hydrogen-bond donors (Lipinski definition) is 1. The first kappa shape index (κ1) is 27.5. The summed E-state index contributed by atoms with van der Waals surface area (Å²) in [7, 11) is 0. The second-order valence-corrected chi connectivity index (χ2v) is 14.8. The quantitative estimate of drug-likeness (QED) is 0.412. The van der Waals surface area contributed by atoms with Crippen LogP contribution in [0.4, 0.5) is 4.79 Å². The molecule has 3 saturated heterocycles. The first-order valence-electron chi connectivity index (χ1n) is 16.3. The number of piperidine rings is 2. The van der Waals surface area contributed by atoms with Crippen LogP contribution in [0.3, 0.4) is 0 Å². The van der Waals surface area contributed by atoms with Gasteiger partial charge in [-0.15, -0.1) is 0 Å². The number of nitrogens with one attached hydrogen (secondary N) is 1. The SMILES string of the molecule is CC1=C2C[C@H]3[C@@H](CC[C@H]4NC(=O)CC[C@@]43C)[C@@H]2CC[C@@]2(C1)O[C@@H]1C[C@H](C)CN(C(=O)OCc3ccccc3)[C@H]1[C@H]2C. The molecule has 1 spiro atoms. The molecule has 1 aromatic carbocycles. The van der Waals surface area contributed by atoms with E-state index >= 15 is 0 Å². The minimum absolute atomic E-state index is 0.0677. The third-order valence-corrected chi connectivity index (χ3v) is 12.6. The van der Waals surface area contributed by atoms with Crippen molar-refractivity contribution in [2.75, 3.05) is 6.54 Å². The molecule has 6 heteroatoms. The number of allylic oxidation sites excluding steroid dienone is 1. The van der Waals surface area contributed by atoms with Gasteiger partial charge in [0, 0.05) is 24.9 Å². The number of fused-ring (bicyclic) bond motifs is 6. The smallest absolute Gasteiger partial charge is 0.410 e. The summed E-state index contributed by atoms with van der Waals surface area (Å²) in [6.07, 6.45) is 9.34. The highest BCUT2D eigenvalue weighted by atomic mass is 16.6. The summed E-state index contributed by atoms with van der Waals surface area (Å²) < 4.78 is 13.0. The van der Waals surface area contributed by atoms with E-state index in [1.54, 1.807) is 11.1 Å². The molecule has 3 aliphatic heterocycles. The first-order valence-corrected chi connectivity index (χ1v) is 16.3. The molecule has 41 heavy (non-hydrogen) atoms. The summed E-state index contributed by atoms with van der Waals surface area (Å²) in [6.45, 7) is 10.5. The Morgan fingerprint density at radius 3 is 2.76 bits per heavy atom. The maximum absolute atomic E-state index is 13.5. The van der Waals surface area contributed by atoms with Crippen LogP contribution < -0.4 is 5.32 Å². The molecule has 0 radical (unpaired) electrons. The normalized spacial score (nSPS) is 43.5. The van der Waals surface area contributed by atoms with Gasteiger partial charge < -0.3 is 19.7 Å². The number of hydrogen-bond acceptors (Lipinski definition) is 4. The second kappa shape index (κ2) is 10.1.